The fraction of sp³-hybridized carbons (Fsp3) is 0.389. The van der Waals surface area contributed by atoms with Gasteiger partial charge in [0, 0.05) is 12.7 Å². The number of hydrogen-bond donors (Lipinski definition) is 1. The SMILES string of the molecule is Cc1noc(-c2ccc(NCC(c3ccco3)N3CCCC3)nc2)n1. The highest BCUT2D eigenvalue weighted by molar-refractivity contribution is 5.54. The van der Waals surface area contributed by atoms with Gasteiger partial charge >= 0.3 is 0 Å². The highest BCUT2D eigenvalue weighted by atomic mass is 16.5. The van der Waals surface area contributed by atoms with Gasteiger partial charge in [-0.2, -0.15) is 4.98 Å². The topological polar surface area (TPSA) is 80.2 Å². The normalized spacial score (nSPS) is 16.2. The van der Waals surface area contributed by atoms with Crippen molar-refractivity contribution in [1.29, 1.82) is 0 Å². The van der Waals surface area contributed by atoms with Crippen molar-refractivity contribution >= 4 is 5.82 Å². The average Bonchev–Trinajstić information content (AvgIpc) is 3.39. The molecule has 1 aliphatic heterocycles. The first-order valence-corrected chi connectivity index (χ1v) is 8.57. The summed E-state index contributed by atoms with van der Waals surface area (Å²) >= 11 is 0. The summed E-state index contributed by atoms with van der Waals surface area (Å²) in [4.78, 5) is 11.1. The number of nitrogens with one attached hydrogen (secondary N) is 1. The van der Waals surface area contributed by atoms with E-state index in [1.807, 2.05) is 24.3 Å². The summed E-state index contributed by atoms with van der Waals surface area (Å²) in [5, 5.41) is 7.22. The molecule has 25 heavy (non-hydrogen) atoms. The molecule has 0 aliphatic carbocycles. The summed E-state index contributed by atoms with van der Waals surface area (Å²) < 4.78 is 10.8. The van der Waals surface area contributed by atoms with Gasteiger partial charge in [-0.3, -0.25) is 4.90 Å². The molecule has 4 rings (SSSR count). The van der Waals surface area contributed by atoms with E-state index in [1.54, 1.807) is 19.4 Å². The molecule has 1 saturated heterocycles. The molecule has 1 fully saturated rings. The second kappa shape index (κ2) is 7.06. The van der Waals surface area contributed by atoms with E-state index >= 15 is 0 Å². The van der Waals surface area contributed by atoms with Gasteiger partial charge in [0.15, 0.2) is 5.82 Å². The van der Waals surface area contributed by atoms with E-state index in [4.69, 9.17) is 8.94 Å². The van der Waals surface area contributed by atoms with Gasteiger partial charge in [0.2, 0.25) is 0 Å². The molecule has 130 valence electrons. The van der Waals surface area contributed by atoms with E-state index < -0.39 is 0 Å². The van der Waals surface area contributed by atoms with Crippen LogP contribution in [-0.2, 0) is 0 Å². The Bertz CT molecular complexity index is 791. The van der Waals surface area contributed by atoms with Gasteiger partial charge < -0.3 is 14.3 Å². The lowest BCUT2D eigenvalue weighted by atomic mass is 10.2. The van der Waals surface area contributed by atoms with Gasteiger partial charge in [-0.15, -0.1) is 0 Å². The van der Waals surface area contributed by atoms with Gasteiger partial charge in [0.25, 0.3) is 5.89 Å². The zero-order valence-corrected chi connectivity index (χ0v) is 14.2. The maximum Gasteiger partial charge on any atom is 0.259 e. The number of pyridine rings is 1. The van der Waals surface area contributed by atoms with Crippen LogP contribution in [0.4, 0.5) is 5.82 Å². The highest BCUT2D eigenvalue weighted by Gasteiger charge is 2.25. The molecule has 4 heterocycles. The summed E-state index contributed by atoms with van der Waals surface area (Å²) in [5.74, 6) is 2.91. The fourth-order valence-corrected chi connectivity index (χ4v) is 3.18. The lowest BCUT2D eigenvalue weighted by Crippen LogP contribution is -2.30. The lowest BCUT2D eigenvalue weighted by Gasteiger charge is -2.26. The molecule has 7 nitrogen and oxygen atoms in total. The number of rotatable bonds is 6. The largest absolute Gasteiger partial charge is 0.468 e. The molecular weight excluding hydrogens is 318 g/mol. The van der Waals surface area contributed by atoms with Crippen LogP contribution in [0.2, 0.25) is 0 Å². The Balaban J connectivity index is 1.44. The molecule has 3 aromatic heterocycles. The Kier molecular flexibility index (Phi) is 4.47. The third-order valence-electron chi connectivity index (χ3n) is 4.47. The Morgan fingerprint density at radius 2 is 2.12 bits per heavy atom. The number of anilines is 1. The monoisotopic (exact) mass is 339 g/mol. The Labute approximate surface area is 146 Å². The van der Waals surface area contributed by atoms with E-state index in [1.165, 1.54) is 12.8 Å². The summed E-state index contributed by atoms with van der Waals surface area (Å²) in [6.45, 7) is 4.76. The van der Waals surface area contributed by atoms with E-state index in [0.717, 1.165) is 36.8 Å². The van der Waals surface area contributed by atoms with Gasteiger partial charge in [0.05, 0.1) is 17.9 Å². The first-order chi connectivity index (χ1) is 12.3. The third kappa shape index (κ3) is 3.56. The van der Waals surface area contributed by atoms with Crippen LogP contribution in [0, 0.1) is 6.92 Å². The van der Waals surface area contributed by atoms with Gasteiger partial charge in [-0.1, -0.05) is 5.16 Å². The quantitative estimate of drug-likeness (QED) is 0.738. The predicted molar refractivity (Wildman–Crippen MR) is 93.0 cm³/mol. The average molecular weight is 339 g/mol. The maximum absolute atomic E-state index is 5.65. The van der Waals surface area contributed by atoms with Gasteiger partial charge in [-0.05, 0) is 57.1 Å². The van der Waals surface area contributed by atoms with Crippen molar-refractivity contribution in [2.75, 3.05) is 25.0 Å². The van der Waals surface area contributed by atoms with Crippen LogP contribution >= 0.6 is 0 Å². The molecule has 0 amide bonds. The second-order valence-corrected chi connectivity index (χ2v) is 6.23. The molecule has 1 unspecified atom stereocenters. The minimum absolute atomic E-state index is 0.220. The van der Waals surface area contributed by atoms with E-state index in [-0.39, 0.29) is 6.04 Å². The molecule has 0 spiro atoms. The van der Waals surface area contributed by atoms with E-state index in [0.29, 0.717) is 11.7 Å². The van der Waals surface area contributed by atoms with Crippen molar-refractivity contribution in [3.63, 3.8) is 0 Å². The molecule has 0 aromatic carbocycles. The zero-order valence-electron chi connectivity index (χ0n) is 14.2. The van der Waals surface area contributed by atoms with Gasteiger partial charge in [0.1, 0.15) is 11.6 Å². The van der Waals surface area contributed by atoms with Crippen molar-refractivity contribution in [2.45, 2.75) is 25.8 Å². The molecule has 0 saturated carbocycles. The Morgan fingerprint density at radius 1 is 1.24 bits per heavy atom. The minimum Gasteiger partial charge on any atom is -0.468 e. The first kappa shape index (κ1) is 15.8. The van der Waals surface area contributed by atoms with E-state index in [9.17, 15) is 0 Å². The summed E-state index contributed by atoms with van der Waals surface area (Å²) in [6.07, 6.45) is 5.96. The molecule has 1 aliphatic rings. The summed E-state index contributed by atoms with van der Waals surface area (Å²) in [5.41, 5.74) is 0.813. The standard InChI is InChI=1S/C18H21N5O2/c1-13-21-18(25-22-13)14-6-7-17(19-11-14)20-12-15(16-5-4-10-24-16)23-8-2-3-9-23/h4-7,10-11,15H,2-3,8-9,12H2,1H3,(H,19,20). The van der Waals surface area contributed by atoms with Gasteiger partial charge in [-0.25, -0.2) is 4.98 Å². The van der Waals surface area contributed by atoms with Crippen molar-refractivity contribution in [1.82, 2.24) is 20.0 Å². The van der Waals surface area contributed by atoms with Crippen molar-refractivity contribution in [3.05, 3.63) is 48.3 Å². The predicted octanol–water partition coefficient (Wildman–Crippen LogP) is 3.28. The smallest absolute Gasteiger partial charge is 0.259 e. The van der Waals surface area contributed by atoms with Crippen molar-refractivity contribution < 1.29 is 8.94 Å². The van der Waals surface area contributed by atoms with Crippen LogP contribution in [0.15, 0.2) is 45.7 Å². The molecule has 0 radical (unpaired) electrons. The number of furan rings is 1. The molecule has 1 N–H and O–H groups in total. The molecule has 0 bridgehead atoms. The summed E-state index contributed by atoms with van der Waals surface area (Å²) in [7, 11) is 0. The number of aryl methyl sites for hydroxylation is 1. The zero-order chi connectivity index (χ0) is 17.1. The fourth-order valence-electron chi connectivity index (χ4n) is 3.18. The van der Waals surface area contributed by atoms with Crippen LogP contribution in [-0.4, -0.2) is 39.7 Å². The van der Waals surface area contributed by atoms with Crippen LogP contribution in [0.1, 0.15) is 30.5 Å². The first-order valence-electron chi connectivity index (χ1n) is 8.57. The minimum atomic E-state index is 0.220. The number of likely N-dealkylation sites (tertiary alicyclic amines) is 1. The summed E-state index contributed by atoms with van der Waals surface area (Å²) in [6, 6.07) is 8.06. The Morgan fingerprint density at radius 3 is 2.76 bits per heavy atom. The second-order valence-electron chi connectivity index (χ2n) is 6.23. The number of aromatic nitrogens is 3. The highest BCUT2D eigenvalue weighted by Crippen LogP contribution is 2.26. The van der Waals surface area contributed by atoms with Crippen LogP contribution in [0.3, 0.4) is 0 Å². The van der Waals surface area contributed by atoms with Crippen LogP contribution in [0.25, 0.3) is 11.5 Å². The molecule has 7 heteroatoms. The maximum atomic E-state index is 5.65. The number of hydrogen-bond acceptors (Lipinski definition) is 7. The van der Waals surface area contributed by atoms with E-state index in [2.05, 4.69) is 25.3 Å². The lowest BCUT2D eigenvalue weighted by molar-refractivity contribution is 0.225. The van der Waals surface area contributed by atoms with Crippen LogP contribution in [0.5, 0.6) is 0 Å². The molecule has 1 atom stereocenters. The van der Waals surface area contributed by atoms with Crippen molar-refractivity contribution in [3.8, 4) is 11.5 Å². The van der Waals surface area contributed by atoms with Crippen molar-refractivity contribution in [2.24, 2.45) is 0 Å². The Hall–Kier alpha value is -2.67. The number of nitrogens with zero attached hydrogens (tertiary/aromatic N) is 4. The molecule has 3 aromatic rings. The third-order valence-corrected chi connectivity index (χ3v) is 4.47. The van der Waals surface area contributed by atoms with Crippen LogP contribution < -0.4 is 5.32 Å². The molecular formula is C18H21N5O2.